The number of Topliss-reactive ketones (excluding diaryl/α,β-unsaturated/α-hetero) is 1. The van der Waals surface area contributed by atoms with Crippen LogP contribution in [0.5, 0.6) is 0 Å². The lowest BCUT2D eigenvalue weighted by atomic mass is 10.0. The van der Waals surface area contributed by atoms with Crippen LogP contribution in [-0.2, 0) is 19.1 Å². The zero-order chi connectivity index (χ0) is 23.3. The highest BCUT2D eigenvalue weighted by molar-refractivity contribution is 6.30. The Labute approximate surface area is 195 Å². The molecule has 168 valence electrons. The largest absolute Gasteiger partial charge is 0.465 e. The summed E-state index contributed by atoms with van der Waals surface area (Å²) in [5.74, 6) is -2.35. The van der Waals surface area contributed by atoms with Crippen molar-refractivity contribution in [1.29, 1.82) is 0 Å². The molecule has 0 spiro atoms. The molecule has 1 saturated heterocycles. The van der Waals surface area contributed by atoms with Crippen molar-refractivity contribution in [3.63, 3.8) is 0 Å². The van der Waals surface area contributed by atoms with E-state index in [1.807, 2.05) is 0 Å². The van der Waals surface area contributed by atoms with Crippen LogP contribution in [0.4, 0.5) is 5.69 Å². The Bertz CT molecular complexity index is 1010. The molecule has 7 nitrogen and oxygen atoms in total. The summed E-state index contributed by atoms with van der Waals surface area (Å²) in [4.78, 5) is 51.0. The highest BCUT2D eigenvalue weighted by atomic mass is 35.5. The number of carbonyl (C=O) groups excluding carboxylic acids is 4. The van der Waals surface area contributed by atoms with Crippen molar-refractivity contribution in [2.45, 2.75) is 18.9 Å². The van der Waals surface area contributed by atoms with Gasteiger partial charge in [-0.25, -0.2) is 4.79 Å². The van der Waals surface area contributed by atoms with Crippen LogP contribution in [-0.4, -0.2) is 49.3 Å². The van der Waals surface area contributed by atoms with Crippen LogP contribution < -0.4 is 4.90 Å². The monoisotopic (exact) mass is 477 g/mol. The number of esters is 2. The van der Waals surface area contributed by atoms with Gasteiger partial charge in [0.2, 0.25) is 11.7 Å². The van der Waals surface area contributed by atoms with E-state index in [9.17, 15) is 19.2 Å². The van der Waals surface area contributed by atoms with E-state index >= 15 is 0 Å². The number of hydrogen-bond donors (Lipinski definition) is 0. The van der Waals surface area contributed by atoms with Crippen LogP contribution in [0.3, 0.4) is 0 Å². The standard InChI is InChI=1S/C23H21Cl2NO6/c1-31-22(29)15-4-8-18(9-5-15)26-13-16(12-20(26)27)23(30)32-19(10-11-24)21(28)14-2-6-17(25)7-3-14/h2-9,16,19H,10-13H2,1H3/t16-,19-/m1/s1. The van der Waals surface area contributed by atoms with Gasteiger partial charge >= 0.3 is 11.9 Å². The highest BCUT2D eigenvalue weighted by Crippen LogP contribution is 2.27. The number of hydrogen-bond acceptors (Lipinski definition) is 6. The number of amides is 1. The summed E-state index contributed by atoms with van der Waals surface area (Å²) in [5, 5.41) is 0.483. The van der Waals surface area contributed by atoms with Gasteiger partial charge in [0.05, 0.1) is 18.6 Å². The average molecular weight is 478 g/mol. The Morgan fingerprint density at radius 3 is 2.28 bits per heavy atom. The molecular weight excluding hydrogens is 457 g/mol. The van der Waals surface area contributed by atoms with E-state index in [0.29, 0.717) is 21.8 Å². The van der Waals surface area contributed by atoms with E-state index in [0.717, 1.165) is 0 Å². The molecule has 0 bridgehead atoms. The Kier molecular flexibility index (Phi) is 7.88. The zero-order valence-corrected chi connectivity index (χ0v) is 18.8. The number of alkyl halides is 1. The predicted molar refractivity (Wildman–Crippen MR) is 119 cm³/mol. The summed E-state index contributed by atoms with van der Waals surface area (Å²) in [7, 11) is 1.28. The van der Waals surface area contributed by atoms with Crippen molar-refractivity contribution >= 4 is 52.5 Å². The number of benzene rings is 2. The molecule has 0 aliphatic carbocycles. The predicted octanol–water partition coefficient (Wildman–Crippen LogP) is 3.90. The van der Waals surface area contributed by atoms with Gasteiger partial charge in [0, 0.05) is 41.5 Å². The highest BCUT2D eigenvalue weighted by Gasteiger charge is 2.38. The molecule has 0 radical (unpaired) electrons. The molecule has 1 heterocycles. The molecule has 2 aromatic carbocycles. The Morgan fingerprint density at radius 1 is 1.06 bits per heavy atom. The fourth-order valence-corrected chi connectivity index (χ4v) is 3.71. The van der Waals surface area contributed by atoms with E-state index in [-0.39, 0.29) is 37.0 Å². The lowest BCUT2D eigenvalue weighted by Gasteiger charge is -2.19. The molecule has 0 aromatic heterocycles. The van der Waals surface area contributed by atoms with E-state index < -0.39 is 24.0 Å². The number of ether oxygens (including phenoxy) is 2. The normalized spacial score (nSPS) is 16.5. The first-order valence-corrected chi connectivity index (χ1v) is 10.8. The molecule has 32 heavy (non-hydrogen) atoms. The van der Waals surface area contributed by atoms with Crippen molar-refractivity contribution in [1.82, 2.24) is 0 Å². The van der Waals surface area contributed by atoms with Crippen LogP contribution in [0, 0.1) is 5.92 Å². The topological polar surface area (TPSA) is 90.0 Å². The minimum atomic E-state index is -1.05. The molecule has 0 N–H and O–H groups in total. The lowest BCUT2D eigenvalue weighted by Crippen LogP contribution is -2.32. The minimum Gasteiger partial charge on any atom is -0.465 e. The smallest absolute Gasteiger partial charge is 0.337 e. The Balaban J connectivity index is 1.67. The van der Waals surface area contributed by atoms with Gasteiger partial charge in [-0.15, -0.1) is 11.6 Å². The summed E-state index contributed by atoms with van der Waals surface area (Å²) in [5.41, 5.74) is 1.25. The summed E-state index contributed by atoms with van der Waals surface area (Å²) in [6, 6.07) is 12.6. The van der Waals surface area contributed by atoms with Gasteiger partial charge in [-0.1, -0.05) is 11.6 Å². The molecule has 1 fully saturated rings. The number of carbonyl (C=O) groups is 4. The second-order valence-electron chi connectivity index (χ2n) is 7.22. The van der Waals surface area contributed by atoms with E-state index in [4.69, 9.17) is 27.9 Å². The van der Waals surface area contributed by atoms with Crippen molar-refractivity contribution in [3.05, 3.63) is 64.7 Å². The Hall–Kier alpha value is -2.90. The molecule has 2 atom stereocenters. The van der Waals surface area contributed by atoms with Gasteiger partial charge in [-0.3, -0.25) is 14.4 Å². The molecule has 0 unspecified atom stereocenters. The van der Waals surface area contributed by atoms with Crippen molar-refractivity contribution in [2.75, 3.05) is 24.4 Å². The number of methoxy groups -OCH3 is 1. The van der Waals surface area contributed by atoms with Crippen LogP contribution in [0.1, 0.15) is 33.6 Å². The van der Waals surface area contributed by atoms with Gasteiger partial charge in [-0.2, -0.15) is 0 Å². The maximum absolute atomic E-state index is 12.8. The van der Waals surface area contributed by atoms with E-state index in [1.165, 1.54) is 12.0 Å². The number of anilines is 1. The quantitative estimate of drug-likeness (QED) is 0.325. The third kappa shape index (κ3) is 5.47. The zero-order valence-electron chi connectivity index (χ0n) is 17.3. The molecule has 9 heteroatoms. The number of rotatable bonds is 8. The maximum Gasteiger partial charge on any atom is 0.337 e. The first-order valence-electron chi connectivity index (χ1n) is 9.89. The Morgan fingerprint density at radius 2 is 1.69 bits per heavy atom. The van der Waals surface area contributed by atoms with Gasteiger partial charge in [0.1, 0.15) is 0 Å². The second kappa shape index (κ2) is 10.6. The van der Waals surface area contributed by atoms with Crippen LogP contribution in [0.15, 0.2) is 48.5 Å². The molecule has 1 amide bonds. The summed E-state index contributed by atoms with van der Waals surface area (Å²) < 4.78 is 10.1. The molecule has 0 saturated carbocycles. The van der Waals surface area contributed by atoms with Gasteiger partial charge in [0.25, 0.3) is 0 Å². The first kappa shape index (κ1) is 23.8. The summed E-state index contributed by atoms with van der Waals surface area (Å²) in [6.07, 6.45) is -0.946. The first-order chi connectivity index (χ1) is 15.3. The van der Waals surface area contributed by atoms with Crippen molar-refractivity contribution in [3.8, 4) is 0 Å². The third-order valence-corrected chi connectivity index (χ3v) is 5.58. The van der Waals surface area contributed by atoms with Crippen LogP contribution in [0.25, 0.3) is 0 Å². The molecular formula is C23H21Cl2NO6. The molecule has 1 aliphatic heterocycles. The molecule has 2 aromatic rings. The fourth-order valence-electron chi connectivity index (χ4n) is 3.39. The van der Waals surface area contributed by atoms with Crippen LogP contribution >= 0.6 is 23.2 Å². The number of ketones is 1. The van der Waals surface area contributed by atoms with Gasteiger partial charge < -0.3 is 14.4 Å². The number of halogens is 2. The van der Waals surface area contributed by atoms with Gasteiger partial charge in [0.15, 0.2) is 6.10 Å². The van der Waals surface area contributed by atoms with Crippen molar-refractivity contribution < 1.29 is 28.7 Å². The summed E-state index contributed by atoms with van der Waals surface area (Å²) in [6.45, 7) is 0.109. The van der Waals surface area contributed by atoms with E-state index in [2.05, 4.69) is 4.74 Å². The maximum atomic E-state index is 12.8. The minimum absolute atomic E-state index is 0.0414. The van der Waals surface area contributed by atoms with Crippen molar-refractivity contribution in [2.24, 2.45) is 5.92 Å². The number of nitrogens with zero attached hydrogens (tertiary/aromatic N) is 1. The van der Waals surface area contributed by atoms with E-state index in [1.54, 1.807) is 48.5 Å². The second-order valence-corrected chi connectivity index (χ2v) is 8.03. The summed E-state index contributed by atoms with van der Waals surface area (Å²) >= 11 is 11.7. The molecule has 1 aliphatic rings. The fraction of sp³-hybridized carbons (Fsp3) is 0.304. The van der Waals surface area contributed by atoms with Crippen LogP contribution in [0.2, 0.25) is 5.02 Å². The lowest BCUT2D eigenvalue weighted by molar-refractivity contribution is -0.151. The average Bonchev–Trinajstić information content (AvgIpc) is 3.20. The SMILES string of the molecule is COC(=O)c1ccc(N2C[C@H](C(=O)O[C@H](CCCl)C(=O)c3ccc(Cl)cc3)CC2=O)cc1. The van der Waals surface area contributed by atoms with Gasteiger partial charge in [-0.05, 0) is 48.5 Å². The molecule has 3 rings (SSSR count). The third-order valence-electron chi connectivity index (χ3n) is 5.11.